The smallest absolute Gasteiger partial charge is 0.164 e. The van der Waals surface area contributed by atoms with Gasteiger partial charge in [0.1, 0.15) is 0 Å². The molecule has 70 valence electrons. The van der Waals surface area contributed by atoms with E-state index in [2.05, 4.69) is 0 Å². The Kier molecular flexibility index (Phi) is 3.32. The Morgan fingerprint density at radius 1 is 1.54 bits per heavy atom. The van der Waals surface area contributed by atoms with Crippen molar-refractivity contribution in [3.63, 3.8) is 0 Å². The fraction of sp³-hybridized carbons (Fsp3) is 0.300. The molecule has 0 aliphatic rings. The Morgan fingerprint density at radius 2 is 2.23 bits per heavy atom. The Morgan fingerprint density at radius 3 is 2.77 bits per heavy atom. The highest BCUT2D eigenvalue weighted by molar-refractivity contribution is 6.19. The van der Waals surface area contributed by atoms with Gasteiger partial charge in [-0.15, -0.1) is 11.6 Å². The third-order valence-corrected chi connectivity index (χ3v) is 2.10. The van der Waals surface area contributed by atoms with E-state index >= 15 is 0 Å². The molecule has 1 aromatic carbocycles. The molecule has 0 heterocycles. The largest absolute Gasteiger partial charge is 0.399 e. The number of carbonyl (C=O) groups is 1. The summed E-state index contributed by atoms with van der Waals surface area (Å²) in [5.74, 6) is 0.431. The molecule has 0 unspecified atom stereocenters. The quantitative estimate of drug-likeness (QED) is 0.459. The lowest BCUT2D eigenvalue weighted by molar-refractivity contribution is 0.0989. The zero-order valence-corrected chi connectivity index (χ0v) is 8.27. The van der Waals surface area contributed by atoms with Crippen molar-refractivity contribution in [2.24, 2.45) is 0 Å². The van der Waals surface area contributed by atoms with Gasteiger partial charge in [0.25, 0.3) is 0 Å². The number of nitrogens with two attached hydrogens (primary N) is 1. The van der Waals surface area contributed by atoms with Crippen LogP contribution in [0.5, 0.6) is 0 Å². The Balaban J connectivity index is 2.90. The van der Waals surface area contributed by atoms with Crippen LogP contribution in [0.1, 0.15) is 22.3 Å². The third kappa shape index (κ3) is 2.46. The number of benzene rings is 1. The van der Waals surface area contributed by atoms with Crippen LogP contribution in [0.2, 0.25) is 0 Å². The lowest BCUT2D eigenvalue weighted by Gasteiger charge is -2.02. The van der Waals surface area contributed by atoms with E-state index in [1.54, 1.807) is 18.2 Å². The number of halogens is 1. The highest BCUT2D eigenvalue weighted by Crippen LogP contribution is 2.14. The summed E-state index contributed by atoms with van der Waals surface area (Å²) in [6, 6.07) is 5.28. The second-order valence-corrected chi connectivity index (χ2v) is 3.31. The van der Waals surface area contributed by atoms with E-state index in [4.69, 9.17) is 17.3 Å². The molecule has 0 aliphatic heterocycles. The second-order valence-electron chi connectivity index (χ2n) is 2.93. The van der Waals surface area contributed by atoms with E-state index in [0.717, 1.165) is 5.56 Å². The monoisotopic (exact) mass is 197 g/mol. The molecule has 0 spiro atoms. The van der Waals surface area contributed by atoms with Crippen LogP contribution in [-0.4, -0.2) is 11.7 Å². The number of ketones is 1. The van der Waals surface area contributed by atoms with Gasteiger partial charge in [-0.05, 0) is 30.7 Å². The maximum Gasteiger partial charge on any atom is 0.164 e. The van der Waals surface area contributed by atoms with Gasteiger partial charge in [-0.25, -0.2) is 0 Å². The standard InChI is InChI=1S/C10H12ClNO/c1-7-6-8(2-3-9(7)12)10(13)4-5-11/h2-3,6H,4-5,12H2,1H3. The number of rotatable bonds is 3. The predicted octanol–water partition coefficient (Wildman–Crippen LogP) is 2.39. The van der Waals surface area contributed by atoms with Crippen molar-refractivity contribution in [3.8, 4) is 0 Å². The molecule has 2 nitrogen and oxygen atoms in total. The number of anilines is 1. The molecular weight excluding hydrogens is 186 g/mol. The van der Waals surface area contributed by atoms with Gasteiger partial charge in [-0.1, -0.05) is 0 Å². The maximum absolute atomic E-state index is 11.4. The van der Waals surface area contributed by atoms with Gasteiger partial charge in [0, 0.05) is 23.6 Å². The summed E-state index contributed by atoms with van der Waals surface area (Å²) in [6.07, 6.45) is 0.380. The van der Waals surface area contributed by atoms with Gasteiger partial charge < -0.3 is 5.73 Å². The van der Waals surface area contributed by atoms with Gasteiger partial charge >= 0.3 is 0 Å². The van der Waals surface area contributed by atoms with E-state index in [1.807, 2.05) is 6.92 Å². The zero-order chi connectivity index (χ0) is 9.84. The molecule has 3 heteroatoms. The van der Waals surface area contributed by atoms with E-state index in [9.17, 15) is 4.79 Å². The topological polar surface area (TPSA) is 43.1 Å². The van der Waals surface area contributed by atoms with Gasteiger partial charge in [-0.3, -0.25) is 4.79 Å². The van der Waals surface area contributed by atoms with E-state index in [1.165, 1.54) is 0 Å². The molecule has 0 atom stereocenters. The summed E-state index contributed by atoms with van der Waals surface area (Å²) in [4.78, 5) is 11.4. The summed E-state index contributed by atoms with van der Waals surface area (Å²) < 4.78 is 0. The molecule has 0 aliphatic carbocycles. The fourth-order valence-corrected chi connectivity index (χ4v) is 1.25. The highest BCUT2D eigenvalue weighted by atomic mass is 35.5. The van der Waals surface area contributed by atoms with Crippen LogP contribution in [0.3, 0.4) is 0 Å². The molecular formula is C10H12ClNO. The van der Waals surface area contributed by atoms with Gasteiger partial charge in [-0.2, -0.15) is 0 Å². The molecule has 0 bridgehead atoms. The maximum atomic E-state index is 11.4. The summed E-state index contributed by atoms with van der Waals surface area (Å²) in [5.41, 5.74) is 7.95. The van der Waals surface area contributed by atoms with Crippen molar-refractivity contribution in [1.29, 1.82) is 0 Å². The molecule has 0 fully saturated rings. The van der Waals surface area contributed by atoms with Crippen LogP contribution >= 0.6 is 11.6 Å². The number of hydrogen-bond acceptors (Lipinski definition) is 2. The number of Topliss-reactive ketones (excluding diaryl/α,β-unsaturated/α-hetero) is 1. The van der Waals surface area contributed by atoms with Crippen LogP contribution in [0, 0.1) is 6.92 Å². The number of hydrogen-bond donors (Lipinski definition) is 1. The SMILES string of the molecule is Cc1cc(C(=O)CCCl)ccc1N. The summed E-state index contributed by atoms with van der Waals surface area (Å²) >= 11 is 5.47. The molecule has 0 saturated carbocycles. The van der Waals surface area contributed by atoms with Crippen LogP contribution in [0.25, 0.3) is 0 Å². The average Bonchev–Trinajstić information content (AvgIpc) is 2.10. The average molecular weight is 198 g/mol. The first kappa shape index (κ1) is 10.1. The minimum Gasteiger partial charge on any atom is -0.399 e. The van der Waals surface area contributed by atoms with Crippen molar-refractivity contribution in [1.82, 2.24) is 0 Å². The molecule has 1 rings (SSSR count). The van der Waals surface area contributed by atoms with Crippen molar-refractivity contribution in [2.75, 3.05) is 11.6 Å². The van der Waals surface area contributed by atoms with Gasteiger partial charge in [0.05, 0.1) is 0 Å². The molecule has 13 heavy (non-hydrogen) atoms. The first-order valence-corrected chi connectivity index (χ1v) is 4.64. The van der Waals surface area contributed by atoms with E-state index in [0.29, 0.717) is 23.6 Å². The number of carbonyl (C=O) groups excluding carboxylic acids is 1. The highest BCUT2D eigenvalue weighted by Gasteiger charge is 2.05. The number of aryl methyl sites for hydroxylation is 1. The lowest BCUT2D eigenvalue weighted by Crippen LogP contribution is -2.01. The summed E-state index contributed by atoms with van der Waals surface area (Å²) in [7, 11) is 0. The molecule has 0 amide bonds. The van der Waals surface area contributed by atoms with E-state index in [-0.39, 0.29) is 5.78 Å². The first-order valence-electron chi connectivity index (χ1n) is 4.10. The number of alkyl halides is 1. The normalized spacial score (nSPS) is 10.0. The second kappa shape index (κ2) is 4.28. The van der Waals surface area contributed by atoms with Crippen LogP contribution < -0.4 is 5.73 Å². The fourth-order valence-electron chi connectivity index (χ4n) is 1.08. The van der Waals surface area contributed by atoms with Crippen LogP contribution in [0.4, 0.5) is 5.69 Å². The minimum atomic E-state index is 0.0677. The molecule has 0 radical (unpaired) electrons. The van der Waals surface area contributed by atoms with Crippen molar-refractivity contribution < 1.29 is 4.79 Å². The molecule has 2 N–H and O–H groups in total. The molecule has 1 aromatic rings. The number of nitrogen functional groups attached to an aromatic ring is 1. The molecule has 0 saturated heterocycles. The Labute approximate surface area is 82.7 Å². The molecule has 0 aromatic heterocycles. The van der Waals surface area contributed by atoms with Crippen molar-refractivity contribution in [3.05, 3.63) is 29.3 Å². The Bertz CT molecular complexity index is 323. The van der Waals surface area contributed by atoms with Crippen molar-refractivity contribution in [2.45, 2.75) is 13.3 Å². The third-order valence-electron chi connectivity index (χ3n) is 1.91. The van der Waals surface area contributed by atoms with Crippen LogP contribution in [0.15, 0.2) is 18.2 Å². The first-order chi connectivity index (χ1) is 6.15. The van der Waals surface area contributed by atoms with Gasteiger partial charge in [0.15, 0.2) is 5.78 Å². The van der Waals surface area contributed by atoms with Crippen molar-refractivity contribution >= 4 is 23.1 Å². The lowest BCUT2D eigenvalue weighted by atomic mass is 10.1. The minimum absolute atomic E-state index is 0.0677. The Hall–Kier alpha value is -1.02. The van der Waals surface area contributed by atoms with Gasteiger partial charge in [0.2, 0.25) is 0 Å². The zero-order valence-electron chi connectivity index (χ0n) is 7.51. The van der Waals surface area contributed by atoms with Crippen LogP contribution in [-0.2, 0) is 0 Å². The summed E-state index contributed by atoms with van der Waals surface area (Å²) in [6.45, 7) is 1.88. The predicted molar refractivity (Wildman–Crippen MR) is 55.3 cm³/mol. The van der Waals surface area contributed by atoms with E-state index < -0.39 is 0 Å². The summed E-state index contributed by atoms with van der Waals surface area (Å²) in [5, 5.41) is 0.